The molecule has 20 heavy (non-hydrogen) atoms. The van der Waals surface area contributed by atoms with Crippen molar-refractivity contribution in [3.8, 4) is 0 Å². The van der Waals surface area contributed by atoms with Gasteiger partial charge in [-0.15, -0.1) is 11.3 Å². The fourth-order valence-corrected chi connectivity index (χ4v) is 2.30. The smallest absolute Gasteiger partial charge is 0.299 e. The first-order valence-corrected chi connectivity index (χ1v) is 6.43. The molecule has 0 saturated heterocycles. The third-order valence-corrected chi connectivity index (χ3v) is 3.45. The van der Waals surface area contributed by atoms with Crippen molar-refractivity contribution in [2.75, 3.05) is 5.32 Å². The zero-order chi connectivity index (χ0) is 14.7. The van der Waals surface area contributed by atoms with Crippen LogP contribution in [0.25, 0.3) is 0 Å². The normalized spacial score (nSPS) is 10.2. The van der Waals surface area contributed by atoms with Gasteiger partial charge in [0.25, 0.3) is 11.4 Å². The van der Waals surface area contributed by atoms with Crippen LogP contribution in [0.1, 0.15) is 10.7 Å². The molecule has 104 valence electrons. The number of aryl methyl sites for hydroxylation is 1. The minimum absolute atomic E-state index is 0.230. The molecular weight excluding hydrogens is 284 g/mol. The third-order valence-electron chi connectivity index (χ3n) is 2.49. The van der Waals surface area contributed by atoms with Crippen LogP contribution in [0.4, 0.5) is 17.1 Å². The number of hydrogen-bond acceptors (Lipinski definition) is 7. The average Bonchev–Trinajstić information content (AvgIpc) is 2.81. The van der Waals surface area contributed by atoms with Gasteiger partial charge in [0.05, 0.1) is 22.5 Å². The molecule has 0 aliphatic carbocycles. The molecule has 0 spiro atoms. The van der Waals surface area contributed by atoms with E-state index in [2.05, 4.69) is 10.3 Å². The van der Waals surface area contributed by atoms with Crippen LogP contribution < -0.4 is 5.32 Å². The van der Waals surface area contributed by atoms with E-state index >= 15 is 0 Å². The van der Waals surface area contributed by atoms with Crippen LogP contribution in [-0.2, 0) is 6.54 Å². The molecule has 0 saturated carbocycles. The number of rotatable bonds is 5. The van der Waals surface area contributed by atoms with E-state index in [1.54, 1.807) is 0 Å². The van der Waals surface area contributed by atoms with Gasteiger partial charge < -0.3 is 5.32 Å². The van der Waals surface area contributed by atoms with Crippen molar-refractivity contribution >= 4 is 28.4 Å². The lowest BCUT2D eigenvalue weighted by Crippen LogP contribution is -2.03. The maximum Gasteiger partial charge on any atom is 0.299 e. The van der Waals surface area contributed by atoms with Gasteiger partial charge >= 0.3 is 0 Å². The summed E-state index contributed by atoms with van der Waals surface area (Å²) in [4.78, 5) is 24.5. The monoisotopic (exact) mass is 294 g/mol. The lowest BCUT2D eigenvalue weighted by Gasteiger charge is -2.05. The Hall–Kier alpha value is -2.55. The van der Waals surface area contributed by atoms with Gasteiger partial charge in [-0.3, -0.25) is 20.2 Å². The molecule has 1 aromatic carbocycles. The second-order valence-electron chi connectivity index (χ2n) is 3.95. The SMILES string of the molecule is Cc1csc(CNc2ccc([N+](=O)[O-])cc2[N+](=O)[O-])n1. The molecule has 0 amide bonds. The van der Waals surface area contributed by atoms with E-state index in [1.165, 1.54) is 23.5 Å². The van der Waals surface area contributed by atoms with Crippen molar-refractivity contribution in [3.05, 3.63) is 54.5 Å². The molecule has 0 unspecified atom stereocenters. The number of benzene rings is 1. The molecule has 0 atom stereocenters. The number of nitrogens with one attached hydrogen (secondary N) is 1. The molecule has 0 fully saturated rings. The number of hydrogen-bond donors (Lipinski definition) is 1. The molecule has 1 aromatic heterocycles. The van der Waals surface area contributed by atoms with E-state index in [4.69, 9.17) is 0 Å². The van der Waals surface area contributed by atoms with Crippen LogP contribution in [-0.4, -0.2) is 14.8 Å². The van der Waals surface area contributed by atoms with E-state index in [0.29, 0.717) is 6.54 Å². The Balaban J connectivity index is 2.22. The summed E-state index contributed by atoms with van der Waals surface area (Å²) in [6, 6.07) is 3.49. The Morgan fingerprint density at radius 1 is 1.30 bits per heavy atom. The number of non-ortho nitro benzene ring substituents is 1. The fourth-order valence-electron chi connectivity index (χ4n) is 1.59. The quantitative estimate of drug-likeness (QED) is 0.670. The summed E-state index contributed by atoms with van der Waals surface area (Å²) in [5, 5.41) is 27.1. The Morgan fingerprint density at radius 2 is 2.05 bits per heavy atom. The van der Waals surface area contributed by atoms with Crippen molar-refractivity contribution in [1.82, 2.24) is 4.98 Å². The van der Waals surface area contributed by atoms with Gasteiger partial charge in [0, 0.05) is 17.1 Å². The summed E-state index contributed by atoms with van der Waals surface area (Å²) in [6.45, 7) is 2.19. The summed E-state index contributed by atoms with van der Waals surface area (Å²) in [6.07, 6.45) is 0. The standard InChI is InChI=1S/C11H10N4O4S/c1-7-6-20-11(13-7)5-12-9-3-2-8(14(16)17)4-10(9)15(18)19/h2-4,6,12H,5H2,1H3. The van der Waals surface area contributed by atoms with E-state index in [1.807, 2.05) is 12.3 Å². The highest BCUT2D eigenvalue weighted by molar-refractivity contribution is 7.09. The van der Waals surface area contributed by atoms with Crippen molar-refractivity contribution < 1.29 is 9.85 Å². The number of anilines is 1. The lowest BCUT2D eigenvalue weighted by atomic mass is 10.2. The van der Waals surface area contributed by atoms with Gasteiger partial charge in [-0.25, -0.2) is 4.98 Å². The third kappa shape index (κ3) is 3.06. The first-order valence-electron chi connectivity index (χ1n) is 5.55. The highest BCUT2D eigenvalue weighted by atomic mass is 32.1. The van der Waals surface area contributed by atoms with Gasteiger partial charge in [0.1, 0.15) is 10.7 Å². The summed E-state index contributed by atoms with van der Waals surface area (Å²) < 4.78 is 0. The molecule has 0 aliphatic heterocycles. The molecule has 1 heterocycles. The Morgan fingerprint density at radius 3 is 2.60 bits per heavy atom. The van der Waals surface area contributed by atoms with Gasteiger partial charge in [-0.2, -0.15) is 0 Å². The predicted octanol–water partition coefficient (Wildman–Crippen LogP) is 2.88. The molecule has 9 heteroatoms. The second-order valence-corrected chi connectivity index (χ2v) is 4.89. The summed E-state index contributed by atoms with van der Waals surface area (Å²) >= 11 is 1.44. The van der Waals surface area contributed by atoms with Crippen molar-refractivity contribution in [1.29, 1.82) is 0 Å². The van der Waals surface area contributed by atoms with Crippen LogP contribution in [0.2, 0.25) is 0 Å². The zero-order valence-corrected chi connectivity index (χ0v) is 11.2. The van der Waals surface area contributed by atoms with Crippen LogP contribution in [0, 0.1) is 27.2 Å². The van der Waals surface area contributed by atoms with Crippen LogP contribution in [0.3, 0.4) is 0 Å². The topological polar surface area (TPSA) is 111 Å². The zero-order valence-electron chi connectivity index (χ0n) is 10.4. The maximum absolute atomic E-state index is 10.9. The molecule has 1 N–H and O–H groups in total. The number of thiazole rings is 1. The van der Waals surface area contributed by atoms with Gasteiger partial charge in [0.15, 0.2) is 0 Å². The summed E-state index contributed by atoms with van der Waals surface area (Å²) in [7, 11) is 0. The molecule has 8 nitrogen and oxygen atoms in total. The van der Waals surface area contributed by atoms with Crippen molar-refractivity contribution in [3.63, 3.8) is 0 Å². The minimum Gasteiger partial charge on any atom is -0.373 e. The second kappa shape index (κ2) is 5.61. The van der Waals surface area contributed by atoms with E-state index in [-0.39, 0.29) is 17.1 Å². The first kappa shape index (κ1) is 13.9. The Bertz CT molecular complexity index is 670. The summed E-state index contributed by atoms with van der Waals surface area (Å²) in [5.41, 5.74) is 0.471. The Labute approximate surface area is 117 Å². The summed E-state index contributed by atoms with van der Waals surface area (Å²) in [5.74, 6) is 0. The van der Waals surface area contributed by atoms with E-state index in [0.717, 1.165) is 16.8 Å². The number of nitro benzene ring substituents is 2. The number of nitro groups is 2. The molecule has 0 radical (unpaired) electrons. The average molecular weight is 294 g/mol. The van der Waals surface area contributed by atoms with E-state index < -0.39 is 9.85 Å². The Kier molecular flexibility index (Phi) is 3.89. The highest BCUT2D eigenvalue weighted by Crippen LogP contribution is 2.29. The van der Waals surface area contributed by atoms with Gasteiger partial charge in [-0.05, 0) is 13.0 Å². The molecule has 0 bridgehead atoms. The molecule has 0 aliphatic rings. The van der Waals surface area contributed by atoms with Gasteiger partial charge in [0.2, 0.25) is 0 Å². The fraction of sp³-hybridized carbons (Fsp3) is 0.182. The van der Waals surface area contributed by atoms with Crippen molar-refractivity contribution in [2.24, 2.45) is 0 Å². The number of nitrogens with zero attached hydrogens (tertiary/aromatic N) is 3. The first-order chi connectivity index (χ1) is 9.47. The molecule has 2 rings (SSSR count). The minimum atomic E-state index is -0.666. The molecular formula is C11H10N4O4S. The largest absolute Gasteiger partial charge is 0.373 e. The number of aromatic nitrogens is 1. The van der Waals surface area contributed by atoms with E-state index in [9.17, 15) is 20.2 Å². The molecule has 2 aromatic rings. The van der Waals surface area contributed by atoms with Crippen molar-refractivity contribution in [2.45, 2.75) is 13.5 Å². The van der Waals surface area contributed by atoms with Crippen LogP contribution in [0.5, 0.6) is 0 Å². The highest BCUT2D eigenvalue weighted by Gasteiger charge is 2.19. The lowest BCUT2D eigenvalue weighted by molar-refractivity contribution is -0.393. The predicted molar refractivity (Wildman–Crippen MR) is 73.9 cm³/mol. The van der Waals surface area contributed by atoms with Crippen LogP contribution in [0.15, 0.2) is 23.6 Å². The van der Waals surface area contributed by atoms with Gasteiger partial charge in [-0.1, -0.05) is 0 Å². The van der Waals surface area contributed by atoms with Crippen LogP contribution >= 0.6 is 11.3 Å². The maximum atomic E-state index is 10.9.